The van der Waals surface area contributed by atoms with Crippen molar-refractivity contribution in [1.29, 1.82) is 0 Å². The first kappa shape index (κ1) is 17.0. The number of hydrogen-bond acceptors (Lipinski definition) is 1. The topological polar surface area (TPSA) is 12.4 Å². The Hall–Kier alpha value is -1.89. The summed E-state index contributed by atoms with van der Waals surface area (Å²) in [6, 6.07) is 8.57. The Morgan fingerprint density at radius 3 is 2.71 bits per heavy atom. The molecule has 1 heteroatoms. The number of nitrogens with zero attached hydrogens (tertiary/aromatic N) is 1. The highest BCUT2D eigenvalue weighted by molar-refractivity contribution is 6.05. The summed E-state index contributed by atoms with van der Waals surface area (Å²) in [6.07, 6.45) is 13.7. The minimum absolute atomic E-state index is 0.379. The highest BCUT2D eigenvalue weighted by Crippen LogP contribution is 2.43. The van der Waals surface area contributed by atoms with Crippen LogP contribution in [0.15, 0.2) is 65.7 Å². The van der Waals surface area contributed by atoms with Gasteiger partial charge in [-0.3, -0.25) is 4.99 Å². The number of allylic oxidation sites excluding steroid dienone is 5. The highest BCUT2D eigenvalue weighted by atomic mass is 14.8. The molecular formula is C23H29N. The maximum Gasteiger partial charge on any atom is 0.0674 e. The van der Waals surface area contributed by atoms with Crippen LogP contribution in [0.25, 0.3) is 0 Å². The van der Waals surface area contributed by atoms with E-state index in [0.717, 1.165) is 18.5 Å². The lowest BCUT2D eigenvalue weighted by molar-refractivity contribution is 0.353. The van der Waals surface area contributed by atoms with Gasteiger partial charge in [0.15, 0.2) is 0 Å². The molecule has 0 saturated carbocycles. The summed E-state index contributed by atoms with van der Waals surface area (Å²) >= 11 is 0. The maximum atomic E-state index is 4.98. The number of aliphatic imine (C=N–C) groups is 1. The molecular weight excluding hydrogens is 290 g/mol. The van der Waals surface area contributed by atoms with E-state index >= 15 is 0 Å². The normalized spacial score (nSPS) is 22.3. The highest BCUT2D eigenvalue weighted by Gasteiger charge is 2.28. The standard InChI is InChI=1S/C23H29N/c1-5-6-10-22-20-16-17(14-15-23(2,3)4)12-13-18(20)19-9-7-8-11-21(19)24-22/h5,7-9,11-13,16-18H,1,6,10,14-15H2,2-4H3. The van der Waals surface area contributed by atoms with Crippen LogP contribution in [0, 0.1) is 11.3 Å². The van der Waals surface area contributed by atoms with Crippen LogP contribution >= 0.6 is 0 Å². The molecule has 1 aliphatic heterocycles. The van der Waals surface area contributed by atoms with Gasteiger partial charge in [0.1, 0.15) is 0 Å². The van der Waals surface area contributed by atoms with Crippen molar-refractivity contribution in [2.45, 2.75) is 52.4 Å². The lowest BCUT2D eigenvalue weighted by Crippen LogP contribution is -2.19. The largest absolute Gasteiger partial charge is 0.253 e. The van der Waals surface area contributed by atoms with Gasteiger partial charge in [0.2, 0.25) is 0 Å². The Bertz CT molecular complexity index is 697. The van der Waals surface area contributed by atoms with Crippen molar-refractivity contribution in [2.75, 3.05) is 0 Å². The molecule has 0 radical (unpaired) electrons. The molecule has 24 heavy (non-hydrogen) atoms. The zero-order chi connectivity index (χ0) is 17.2. The summed E-state index contributed by atoms with van der Waals surface area (Å²) in [5.74, 6) is 0.916. The van der Waals surface area contributed by atoms with Crippen LogP contribution in [0.1, 0.15) is 57.9 Å². The molecule has 1 aromatic carbocycles. The average molecular weight is 319 g/mol. The van der Waals surface area contributed by atoms with E-state index < -0.39 is 0 Å². The number of fused-ring (bicyclic) bond motifs is 3. The molecule has 2 aliphatic rings. The third kappa shape index (κ3) is 3.77. The summed E-state index contributed by atoms with van der Waals surface area (Å²) in [5.41, 5.74) is 5.55. The molecule has 1 aromatic rings. The number of hydrogen-bond donors (Lipinski definition) is 0. The molecule has 0 amide bonds. The quantitative estimate of drug-likeness (QED) is 0.531. The lowest BCUT2D eigenvalue weighted by atomic mass is 9.76. The zero-order valence-electron chi connectivity index (χ0n) is 15.3. The van der Waals surface area contributed by atoms with Crippen molar-refractivity contribution < 1.29 is 0 Å². The van der Waals surface area contributed by atoms with Gasteiger partial charge in [0.25, 0.3) is 0 Å². The minimum Gasteiger partial charge on any atom is -0.253 e. The second-order valence-corrected chi connectivity index (χ2v) is 8.19. The van der Waals surface area contributed by atoms with Crippen LogP contribution in [0.2, 0.25) is 0 Å². The Morgan fingerprint density at radius 2 is 1.96 bits per heavy atom. The van der Waals surface area contributed by atoms with E-state index in [1.807, 2.05) is 6.08 Å². The maximum absolute atomic E-state index is 4.98. The summed E-state index contributed by atoms with van der Waals surface area (Å²) in [4.78, 5) is 4.98. The first-order valence-electron chi connectivity index (χ1n) is 9.16. The van der Waals surface area contributed by atoms with E-state index in [2.05, 4.69) is 69.8 Å². The number of para-hydroxylation sites is 1. The van der Waals surface area contributed by atoms with Gasteiger partial charge in [-0.25, -0.2) is 0 Å². The second kappa shape index (κ2) is 6.93. The van der Waals surface area contributed by atoms with Gasteiger partial charge in [-0.1, -0.05) is 63.3 Å². The van der Waals surface area contributed by atoms with Gasteiger partial charge in [-0.2, -0.15) is 0 Å². The average Bonchev–Trinajstić information content (AvgIpc) is 2.57. The summed E-state index contributed by atoms with van der Waals surface area (Å²) in [7, 11) is 0. The molecule has 1 aliphatic carbocycles. The summed E-state index contributed by atoms with van der Waals surface area (Å²) < 4.78 is 0. The van der Waals surface area contributed by atoms with Crippen LogP contribution in [0.5, 0.6) is 0 Å². The fourth-order valence-corrected chi connectivity index (χ4v) is 3.57. The monoisotopic (exact) mass is 319 g/mol. The fraction of sp³-hybridized carbons (Fsp3) is 0.435. The van der Waals surface area contributed by atoms with Crippen molar-refractivity contribution in [2.24, 2.45) is 16.3 Å². The van der Waals surface area contributed by atoms with Gasteiger partial charge in [0.05, 0.1) is 5.69 Å². The first-order valence-corrected chi connectivity index (χ1v) is 9.16. The van der Waals surface area contributed by atoms with E-state index in [1.165, 1.54) is 29.7 Å². The van der Waals surface area contributed by atoms with E-state index in [4.69, 9.17) is 4.99 Å². The van der Waals surface area contributed by atoms with Gasteiger partial charge in [-0.15, -0.1) is 6.58 Å². The lowest BCUT2D eigenvalue weighted by Gasteiger charge is -2.31. The van der Waals surface area contributed by atoms with E-state index in [-0.39, 0.29) is 0 Å². The second-order valence-electron chi connectivity index (χ2n) is 8.19. The van der Waals surface area contributed by atoms with Crippen LogP contribution in [0.4, 0.5) is 5.69 Å². The van der Waals surface area contributed by atoms with Crippen molar-refractivity contribution in [3.8, 4) is 0 Å². The third-order valence-corrected chi connectivity index (χ3v) is 4.95. The molecule has 1 nitrogen and oxygen atoms in total. The van der Waals surface area contributed by atoms with E-state index in [0.29, 0.717) is 17.3 Å². The molecule has 0 saturated heterocycles. The number of rotatable bonds is 5. The molecule has 2 atom stereocenters. The predicted octanol–water partition coefficient (Wildman–Crippen LogP) is 6.76. The SMILES string of the molecule is C=CCCC1=Nc2ccccc2C2C=CC(CCC(C)(C)C)C=C12. The van der Waals surface area contributed by atoms with E-state index in [1.54, 1.807) is 0 Å². The molecule has 3 rings (SSSR count). The summed E-state index contributed by atoms with van der Waals surface area (Å²) in [6.45, 7) is 10.8. The molecule has 0 spiro atoms. The van der Waals surface area contributed by atoms with E-state index in [9.17, 15) is 0 Å². The smallest absolute Gasteiger partial charge is 0.0674 e. The van der Waals surface area contributed by atoms with Crippen LogP contribution < -0.4 is 0 Å². The predicted molar refractivity (Wildman–Crippen MR) is 105 cm³/mol. The van der Waals surface area contributed by atoms with Crippen molar-refractivity contribution >= 4 is 11.4 Å². The van der Waals surface area contributed by atoms with Crippen LogP contribution in [-0.4, -0.2) is 5.71 Å². The Morgan fingerprint density at radius 1 is 1.17 bits per heavy atom. The molecule has 0 bridgehead atoms. The van der Waals surface area contributed by atoms with Crippen molar-refractivity contribution in [1.82, 2.24) is 0 Å². The van der Waals surface area contributed by atoms with Crippen molar-refractivity contribution in [3.05, 3.63) is 66.3 Å². The zero-order valence-corrected chi connectivity index (χ0v) is 15.3. The van der Waals surface area contributed by atoms with Crippen LogP contribution in [0.3, 0.4) is 0 Å². The molecule has 0 aromatic heterocycles. The summed E-state index contributed by atoms with van der Waals surface area (Å²) in [5, 5.41) is 0. The Balaban J connectivity index is 1.90. The first-order chi connectivity index (χ1) is 11.5. The van der Waals surface area contributed by atoms with Gasteiger partial charge in [-0.05, 0) is 54.2 Å². The Labute approximate surface area is 146 Å². The molecule has 2 unspecified atom stereocenters. The third-order valence-electron chi connectivity index (χ3n) is 4.95. The van der Waals surface area contributed by atoms with Crippen LogP contribution in [-0.2, 0) is 0 Å². The Kier molecular flexibility index (Phi) is 4.89. The molecule has 1 heterocycles. The van der Waals surface area contributed by atoms with Gasteiger partial charge in [0, 0.05) is 11.6 Å². The molecule has 126 valence electrons. The number of benzene rings is 1. The van der Waals surface area contributed by atoms with Gasteiger partial charge < -0.3 is 0 Å². The molecule has 0 N–H and O–H groups in total. The minimum atomic E-state index is 0.379. The van der Waals surface area contributed by atoms with Gasteiger partial charge >= 0.3 is 0 Å². The molecule has 0 fully saturated rings. The van der Waals surface area contributed by atoms with Crippen molar-refractivity contribution in [3.63, 3.8) is 0 Å². The fourth-order valence-electron chi connectivity index (χ4n) is 3.57.